The van der Waals surface area contributed by atoms with Crippen molar-refractivity contribution in [2.75, 3.05) is 13.1 Å². The number of aryl methyl sites for hydroxylation is 1. The Hall–Kier alpha value is -1.59. The molecule has 0 saturated carbocycles. The molecule has 0 radical (unpaired) electrons. The van der Waals surface area contributed by atoms with Gasteiger partial charge in [-0.2, -0.15) is 0 Å². The Morgan fingerprint density at radius 3 is 2.00 bits per heavy atom. The molecule has 3 N–H and O–H groups in total. The molecule has 0 heterocycles. The van der Waals surface area contributed by atoms with Crippen LogP contribution in [-0.2, 0) is 17.9 Å². The van der Waals surface area contributed by atoms with E-state index in [2.05, 4.69) is 48.3 Å². The number of carbonyl (C=O) groups excluding carboxylic acids is 1. The normalized spacial score (nSPS) is 11.3. The Bertz CT molecular complexity index is 671. The highest BCUT2D eigenvalue weighted by Gasteiger charge is 2.15. The van der Waals surface area contributed by atoms with E-state index in [1.54, 1.807) is 0 Å². The van der Waals surface area contributed by atoms with Gasteiger partial charge in [-0.3, -0.25) is 9.69 Å². The molecule has 2 rings (SSSR count). The first-order valence-electron chi connectivity index (χ1n) is 8.93. The first-order chi connectivity index (χ1) is 12.0. The SMILES string of the molecule is CCN(CC)Cc1ccc(CNC(=O)C(N)c2ccc(C)cc2)cc1.Cl.Cl. The van der Waals surface area contributed by atoms with Crippen LogP contribution in [0, 0.1) is 6.92 Å². The summed E-state index contributed by atoms with van der Waals surface area (Å²) in [7, 11) is 0. The van der Waals surface area contributed by atoms with Crippen LogP contribution in [-0.4, -0.2) is 23.9 Å². The molecule has 150 valence electrons. The number of nitrogens with two attached hydrogens (primary N) is 1. The molecule has 0 aliphatic carbocycles. The van der Waals surface area contributed by atoms with Gasteiger partial charge in [0.05, 0.1) is 0 Å². The first kappa shape index (κ1) is 25.4. The largest absolute Gasteiger partial charge is 0.350 e. The number of nitrogens with one attached hydrogen (secondary N) is 1. The fraction of sp³-hybridized carbons (Fsp3) is 0.381. The van der Waals surface area contributed by atoms with E-state index in [1.807, 2.05) is 31.2 Å². The van der Waals surface area contributed by atoms with E-state index in [4.69, 9.17) is 5.73 Å². The number of halogens is 2. The quantitative estimate of drug-likeness (QED) is 0.689. The van der Waals surface area contributed by atoms with Crippen LogP contribution in [0.1, 0.15) is 42.1 Å². The highest BCUT2D eigenvalue weighted by Crippen LogP contribution is 2.12. The van der Waals surface area contributed by atoms with Crippen LogP contribution in [0.4, 0.5) is 0 Å². The van der Waals surface area contributed by atoms with E-state index in [9.17, 15) is 4.79 Å². The maximum atomic E-state index is 12.2. The lowest BCUT2D eigenvalue weighted by Crippen LogP contribution is -2.33. The van der Waals surface area contributed by atoms with Crippen molar-refractivity contribution in [1.82, 2.24) is 10.2 Å². The molecule has 2 aromatic carbocycles. The predicted molar refractivity (Wildman–Crippen MR) is 118 cm³/mol. The number of rotatable bonds is 8. The lowest BCUT2D eigenvalue weighted by molar-refractivity contribution is -0.122. The van der Waals surface area contributed by atoms with E-state index >= 15 is 0 Å². The Morgan fingerprint density at radius 2 is 1.48 bits per heavy atom. The molecule has 1 unspecified atom stereocenters. The van der Waals surface area contributed by atoms with Gasteiger partial charge >= 0.3 is 0 Å². The van der Waals surface area contributed by atoms with Crippen LogP contribution in [0.2, 0.25) is 0 Å². The lowest BCUT2D eigenvalue weighted by atomic mass is 10.1. The van der Waals surface area contributed by atoms with Crippen LogP contribution in [0.3, 0.4) is 0 Å². The zero-order valence-electron chi connectivity index (χ0n) is 16.3. The van der Waals surface area contributed by atoms with Crippen molar-refractivity contribution in [3.63, 3.8) is 0 Å². The molecule has 6 heteroatoms. The molecule has 27 heavy (non-hydrogen) atoms. The number of hydrogen-bond acceptors (Lipinski definition) is 3. The van der Waals surface area contributed by atoms with Gasteiger partial charge in [0.25, 0.3) is 0 Å². The van der Waals surface area contributed by atoms with E-state index in [-0.39, 0.29) is 30.7 Å². The smallest absolute Gasteiger partial charge is 0.241 e. The van der Waals surface area contributed by atoms with Gasteiger partial charge in [-0.1, -0.05) is 67.9 Å². The summed E-state index contributed by atoms with van der Waals surface area (Å²) in [4.78, 5) is 14.6. The fourth-order valence-corrected chi connectivity index (χ4v) is 2.69. The number of hydrogen-bond donors (Lipinski definition) is 2. The summed E-state index contributed by atoms with van der Waals surface area (Å²) in [5.41, 5.74) is 10.4. The number of amides is 1. The van der Waals surface area contributed by atoms with Gasteiger partial charge < -0.3 is 11.1 Å². The number of benzene rings is 2. The molecule has 0 aliphatic rings. The summed E-state index contributed by atoms with van der Waals surface area (Å²) in [6.07, 6.45) is 0. The third-order valence-corrected chi connectivity index (χ3v) is 4.51. The number of carbonyl (C=O) groups is 1. The van der Waals surface area contributed by atoms with Crippen LogP contribution in [0.15, 0.2) is 48.5 Å². The van der Waals surface area contributed by atoms with Gasteiger partial charge in [-0.05, 0) is 36.7 Å². The van der Waals surface area contributed by atoms with E-state index in [0.717, 1.165) is 36.3 Å². The molecule has 0 saturated heterocycles. The van der Waals surface area contributed by atoms with Crippen molar-refractivity contribution < 1.29 is 4.79 Å². The lowest BCUT2D eigenvalue weighted by Gasteiger charge is -2.18. The minimum Gasteiger partial charge on any atom is -0.350 e. The summed E-state index contributed by atoms with van der Waals surface area (Å²) in [6, 6.07) is 15.5. The average molecular weight is 412 g/mol. The first-order valence-corrected chi connectivity index (χ1v) is 8.93. The second-order valence-corrected chi connectivity index (χ2v) is 6.38. The molecule has 0 bridgehead atoms. The van der Waals surface area contributed by atoms with Gasteiger partial charge in [0, 0.05) is 13.1 Å². The van der Waals surface area contributed by atoms with Crippen molar-refractivity contribution in [2.24, 2.45) is 5.73 Å². The molecule has 1 amide bonds. The van der Waals surface area contributed by atoms with E-state index < -0.39 is 6.04 Å². The molecule has 0 aromatic heterocycles. The highest BCUT2D eigenvalue weighted by molar-refractivity contribution is 5.85. The van der Waals surface area contributed by atoms with Crippen LogP contribution in [0.25, 0.3) is 0 Å². The molecule has 1 atom stereocenters. The third kappa shape index (κ3) is 7.89. The highest BCUT2D eigenvalue weighted by atomic mass is 35.5. The van der Waals surface area contributed by atoms with Crippen molar-refractivity contribution in [1.29, 1.82) is 0 Å². The minimum atomic E-state index is -0.637. The Kier molecular flexibility index (Phi) is 12.0. The molecule has 0 aliphatic heterocycles. The molecule has 0 fully saturated rings. The second-order valence-electron chi connectivity index (χ2n) is 6.38. The van der Waals surface area contributed by atoms with Crippen molar-refractivity contribution in [3.8, 4) is 0 Å². The van der Waals surface area contributed by atoms with Gasteiger partial charge in [-0.15, -0.1) is 24.8 Å². The average Bonchev–Trinajstić information content (AvgIpc) is 2.65. The standard InChI is InChI=1S/C21H29N3O.2ClH/c1-4-24(5-2)15-18-10-8-17(9-11-18)14-23-21(25)20(22)19-12-6-16(3)7-13-19;;/h6-13,20H,4-5,14-15,22H2,1-3H3,(H,23,25);2*1H. The molecule has 2 aromatic rings. The summed E-state index contributed by atoms with van der Waals surface area (Å²) in [5.74, 6) is -0.156. The number of nitrogens with zero attached hydrogens (tertiary/aromatic N) is 1. The monoisotopic (exact) mass is 411 g/mol. The Balaban J connectivity index is 0.00000338. The molecular formula is C21H31Cl2N3O. The zero-order chi connectivity index (χ0) is 18.2. The predicted octanol–water partition coefficient (Wildman–Crippen LogP) is 4.00. The van der Waals surface area contributed by atoms with E-state index in [1.165, 1.54) is 5.56 Å². The summed E-state index contributed by atoms with van der Waals surface area (Å²) < 4.78 is 0. The minimum absolute atomic E-state index is 0. The molecule has 4 nitrogen and oxygen atoms in total. The van der Waals surface area contributed by atoms with Crippen molar-refractivity contribution in [3.05, 3.63) is 70.8 Å². The van der Waals surface area contributed by atoms with Crippen molar-refractivity contribution >= 4 is 30.7 Å². The van der Waals surface area contributed by atoms with Gasteiger partial charge in [-0.25, -0.2) is 0 Å². The van der Waals surface area contributed by atoms with E-state index in [0.29, 0.717) is 6.54 Å². The third-order valence-electron chi connectivity index (χ3n) is 4.51. The summed E-state index contributed by atoms with van der Waals surface area (Å²) in [5, 5.41) is 2.92. The summed E-state index contributed by atoms with van der Waals surface area (Å²) in [6.45, 7) is 9.90. The maximum Gasteiger partial charge on any atom is 0.241 e. The maximum absolute atomic E-state index is 12.2. The Labute approximate surface area is 175 Å². The van der Waals surface area contributed by atoms with Gasteiger partial charge in [0.15, 0.2) is 0 Å². The Morgan fingerprint density at radius 1 is 0.963 bits per heavy atom. The summed E-state index contributed by atoms with van der Waals surface area (Å²) >= 11 is 0. The van der Waals surface area contributed by atoms with Crippen LogP contribution in [0.5, 0.6) is 0 Å². The fourth-order valence-electron chi connectivity index (χ4n) is 2.69. The molecular weight excluding hydrogens is 381 g/mol. The zero-order valence-corrected chi connectivity index (χ0v) is 17.9. The van der Waals surface area contributed by atoms with Gasteiger partial charge in [0.2, 0.25) is 5.91 Å². The molecule has 0 spiro atoms. The van der Waals surface area contributed by atoms with Crippen LogP contribution < -0.4 is 11.1 Å². The van der Waals surface area contributed by atoms with Crippen molar-refractivity contribution in [2.45, 2.75) is 39.9 Å². The topological polar surface area (TPSA) is 58.4 Å². The van der Waals surface area contributed by atoms with Gasteiger partial charge in [0.1, 0.15) is 6.04 Å². The van der Waals surface area contributed by atoms with Crippen LogP contribution >= 0.6 is 24.8 Å². The second kappa shape index (κ2) is 12.7.